The van der Waals surface area contributed by atoms with Crippen molar-refractivity contribution in [2.24, 2.45) is 0 Å². The molecular formula is C21H20N6O3S. The van der Waals surface area contributed by atoms with Crippen LogP contribution < -0.4 is 5.32 Å². The number of aromatic nitrogens is 5. The van der Waals surface area contributed by atoms with Gasteiger partial charge in [-0.3, -0.25) is 10.1 Å². The van der Waals surface area contributed by atoms with Gasteiger partial charge in [-0.1, -0.05) is 31.2 Å². The highest BCUT2D eigenvalue weighted by Crippen LogP contribution is 2.25. The van der Waals surface area contributed by atoms with Crippen molar-refractivity contribution in [3.05, 3.63) is 59.0 Å². The largest absolute Gasteiger partial charge is 0.447 e. The molecule has 0 spiro atoms. The molecule has 3 aromatic heterocycles. The highest BCUT2D eigenvalue weighted by atomic mass is 32.1. The van der Waals surface area contributed by atoms with Crippen molar-refractivity contribution in [2.75, 3.05) is 5.32 Å². The maximum absolute atomic E-state index is 12.5. The van der Waals surface area contributed by atoms with E-state index in [1.165, 1.54) is 28.3 Å². The normalized spacial score (nSPS) is 12.0. The molecule has 1 amide bonds. The average molecular weight is 436 g/mol. The minimum Gasteiger partial charge on any atom is -0.447 e. The number of esters is 1. The monoisotopic (exact) mass is 436 g/mol. The minimum absolute atomic E-state index is 0.159. The molecule has 158 valence electrons. The van der Waals surface area contributed by atoms with Gasteiger partial charge >= 0.3 is 5.97 Å². The van der Waals surface area contributed by atoms with E-state index in [2.05, 4.69) is 44.4 Å². The number of benzene rings is 1. The smallest absolute Gasteiger partial charge is 0.379 e. The fraction of sp³-hybridized carbons (Fsp3) is 0.238. The van der Waals surface area contributed by atoms with Crippen LogP contribution in [0.25, 0.3) is 17.0 Å². The molecule has 0 aliphatic carbocycles. The number of aryl methyl sites for hydroxylation is 2. The molecule has 9 nitrogen and oxygen atoms in total. The number of carbonyl (C=O) groups is 2. The van der Waals surface area contributed by atoms with Crippen LogP contribution in [-0.4, -0.2) is 42.5 Å². The molecule has 0 bridgehead atoms. The van der Waals surface area contributed by atoms with Crippen molar-refractivity contribution in [1.29, 1.82) is 0 Å². The van der Waals surface area contributed by atoms with Gasteiger partial charge in [0.05, 0.1) is 5.69 Å². The van der Waals surface area contributed by atoms with Crippen LogP contribution in [0.3, 0.4) is 0 Å². The topological polar surface area (TPSA) is 111 Å². The predicted octanol–water partition coefficient (Wildman–Crippen LogP) is 3.30. The number of thiazole rings is 1. The van der Waals surface area contributed by atoms with Crippen molar-refractivity contribution >= 4 is 34.1 Å². The quantitative estimate of drug-likeness (QED) is 0.462. The van der Waals surface area contributed by atoms with Gasteiger partial charge in [0.25, 0.3) is 17.5 Å². The Labute approximate surface area is 182 Å². The van der Waals surface area contributed by atoms with Crippen molar-refractivity contribution in [1.82, 2.24) is 24.6 Å². The number of hydrogen-bond donors (Lipinski definition) is 1. The van der Waals surface area contributed by atoms with Gasteiger partial charge in [0.15, 0.2) is 11.2 Å². The number of nitrogens with zero attached hydrogens (tertiary/aromatic N) is 5. The summed E-state index contributed by atoms with van der Waals surface area (Å²) in [5, 5.41) is 9.05. The van der Waals surface area contributed by atoms with Gasteiger partial charge in [-0.05, 0) is 31.9 Å². The average Bonchev–Trinajstić information content (AvgIpc) is 3.42. The van der Waals surface area contributed by atoms with E-state index in [-0.39, 0.29) is 11.6 Å². The molecule has 10 heteroatoms. The van der Waals surface area contributed by atoms with Crippen LogP contribution >= 0.6 is 11.3 Å². The van der Waals surface area contributed by atoms with Crippen molar-refractivity contribution in [3.8, 4) is 11.3 Å². The number of hydrogen-bond acceptors (Lipinski definition) is 8. The van der Waals surface area contributed by atoms with Crippen LogP contribution in [0, 0.1) is 6.92 Å². The maximum Gasteiger partial charge on any atom is 0.379 e. The van der Waals surface area contributed by atoms with E-state index < -0.39 is 18.0 Å². The Hall–Kier alpha value is -3.66. The zero-order valence-electron chi connectivity index (χ0n) is 17.2. The number of nitrogens with one attached hydrogen (secondary N) is 1. The Balaban J connectivity index is 1.39. The Morgan fingerprint density at radius 1 is 1.19 bits per heavy atom. The third-order valence-electron chi connectivity index (χ3n) is 4.66. The molecule has 0 fully saturated rings. The maximum atomic E-state index is 12.5. The number of carbonyl (C=O) groups excluding carboxylic acids is 2. The standard InChI is InChI=1S/C21H20N6O3S/c1-4-14-5-7-15(8-6-14)16-11-31-21(23-16)25-18(28)13(3)30-19(29)17-24-20-22-10-9-12(2)27(20)26-17/h5-11,13H,4H2,1-3H3,(H,23,25,28). The van der Waals surface area contributed by atoms with Gasteiger partial charge in [-0.2, -0.15) is 4.98 Å². The summed E-state index contributed by atoms with van der Waals surface area (Å²) < 4.78 is 6.65. The van der Waals surface area contributed by atoms with Gasteiger partial charge in [0, 0.05) is 22.8 Å². The molecule has 0 saturated carbocycles. The number of amides is 1. The zero-order valence-corrected chi connectivity index (χ0v) is 18.0. The van der Waals surface area contributed by atoms with E-state index in [0.29, 0.717) is 5.13 Å². The number of fused-ring (bicyclic) bond motifs is 1. The molecule has 1 atom stereocenters. The molecule has 0 aliphatic rings. The Morgan fingerprint density at radius 3 is 2.68 bits per heavy atom. The molecule has 1 aromatic carbocycles. The second-order valence-corrected chi connectivity index (χ2v) is 7.72. The summed E-state index contributed by atoms with van der Waals surface area (Å²) in [5.41, 5.74) is 3.75. The van der Waals surface area contributed by atoms with Gasteiger partial charge in [0.2, 0.25) is 0 Å². The van der Waals surface area contributed by atoms with E-state index in [1.807, 2.05) is 24.4 Å². The number of rotatable bonds is 6. The highest BCUT2D eigenvalue weighted by Gasteiger charge is 2.23. The molecular weight excluding hydrogens is 416 g/mol. The summed E-state index contributed by atoms with van der Waals surface area (Å²) in [6, 6.07) is 9.86. The first-order chi connectivity index (χ1) is 14.9. The van der Waals surface area contributed by atoms with Crippen LogP contribution in [-0.2, 0) is 16.0 Å². The molecule has 0 radical (unpaired) electrons. The van der Waals surface area contributed by atoms with E-state index in [4.69, 9.17) is 4.74 Å². The van der Waals surface area contributed by atoms with Crippen LogP contribution in [0.4, 0.5) is 5.13 Å². The van der Waals surface area contributed by atoms with Gasteiger partial charge in [-0.15, -0.1) is 16.4 Å². The first-order valence-corrected chi connectivity index (χ1v) is 10.6. The van der Waals surface area contributed by atoms with Crippen molar-refractivity contribution < 1.29 is 14.3 Å². The Bertz CT molecular complexity index is 1250. The summed E-state index contributed by atoms with van der Waals surface area (Å²) >= 11 is 1.30. The van der Waals surface area contributed by atoms with Crippen molar-refractivity contribution in [2.45, 2.75) is 33.3 Å². The predicted molar refractivity (Wildman–Crippen MR) is 116 cm³/mol. The van der Waals surface area contributed by atoms with Gasteiger partial charge in [-0.25, -0.2) is 19.3 Å². The first-order valence-electron chi connectivity index (χ1n) is 9.69. The second-order valence-electron chi connectivity index (χ2n) is 6.86. The molecule has 31 heavy (non-hydrogen) atoms. The molecule has 0 aliphatic heterocycles. The summed E-state index contributed by atoms with van der Waals surface area (Å²) in [5.74, 6) is -1.17. The molecule has 1 unspecified atom stereocenters. The lowest BCUT2D eigenvalue weighted by Gasteiger charge is -2.10. The Kier molecular flexibility index (Phi) is 5.72. The summed E-state index contributed by atoms with van der Waals surface area (Å²) in [4.78, 5) is 37.3. The summed E-state index contributed by atoms with van der Waals surface area (Å²) in [6.45, 7) is 5.39. The third kappa shape index (κ3) is 4.43. The number of ether oxygens (including phenoxy) is 1. The summed E-state index contributed by atoms with van der Waals surface area (Å²) in [7, 11) is 0. The van der Waals surface area contributed by atoms with Gasteiger partial charge < -0.3 is 4.74 Å². The fourth-order valence-corrected chi connectivity index (χ4v) is 3.56. The van der Waals surface area contributed by atoms with E-state index in [0.717, 1.165) is 23.4 Å². The lowest BCUT2D eigenvalue weighted by Crippen LogP contribution is -2.30. The lowest BCUT2D eigenvalue weighted by molar-refractivity contribution is -0.123. The third-order valence-corrected chi connectivity index (χ3v) is 5.42. The second kappa shape index (κ2) is 8.60. The lowest BCUT2D eigenvalue weighted by atomic mass is 10.1. The van der Waals surface area contributed by atoms with Crippen molar-refractivity contribution in [3.63, 3.8) is 0 Å². The van der Waals surface area contributed by atoms with Crippen LogP contribution in [0.5, 0.6) is 0 Å². The van der Waals surface area contributed by atoms with Gasteiger partial charge in [0.1, 0.15) is 0 Å². The molecule has 4 rings (SSSR count). The van der Waals surface area contributed by atoms with E-state index in [1.54, 1.807) is 12.3 Å². The highest BCUT2D eigenvalue weighted by molar-refractivity contribution is 7.14. The van der Waals surface area contributed by atoms with Crippen LogP contribution in [0.15, 0.2) is 41.9 Å². The van der Waals surface area contributed by atoms with E-state index in [9.17, 15) is 9.59 Å². The van der Waals surface area contributed by atoms with Crippen LogP contribution in [0.2, 0.25) is 0 Å². The summed E-state index contributed by atoms with van der Waals surface area (Å²) in [6.07, 6.45) is 1.49. The zero-order chi connectivity index (χ0) is 22.0. The SMILES string of the molecule is CCc1ccc(-c2csc(NC(=O)C(C)OC(=O)c3nc4nccc(C)n4n3)n2)cc1. The molecule has 3 heterocycles. The van der Waals surface area contributed by atoms with Crippen LogP contribution in [0.1, 0.15) is 35.7 Å². The first kappa shape index (κ1) is 20.6. The Morgan fingerprint density at radius 2 is 1.97 bits per heavy atom. The molecule has 0 saturated heterocycles. The minimum atomic E-state index is -1.05. The number of anilines is 1. The molecule has 1 N–H and O–H groups in total. The van der Waals surface area contributed by atoms with E-state index >= 15 is 0 Å². The fourth-order valence-electron chi connectivity index (χ4n) is 2.84. The molecule has 4 aromatic rings.